The Bertz CT molecular complexity index is 699. The highest BCUT2D eigenvalue weighted by Crippen LogP contribution is 2.32. The molecule has 1 unspecified atom stereocenters. The van der Waals surface area contributed by atoms with Crippen molar-refractivity contribution in [2.24, 2.45) is 5.73 Å². The summed E-state index contributed by atoms with van der Waals surface area (Å²) in [4.78, 5) is 11.3. The van der Waals surface area contributed by atoms with Crippen molar-refractivity contribution in [3.05, 3.63) is 59.2 Å². The zero-order valence-electron chi connectivity index (χ0n) is 10.9. The number of nitrogens with one attached hydrogen (secondary N) is 1. The van der Waals surface area contributed by atoms with Crippen molar-refractivity contribution >= 4 is 11.6 Å². The summed E-state index contributed by atoms with van der Waals surface area (Å²) in [6, 6.07) is 7.40. The van der Waals surface area contributed by atoms with Crippen LogP contribution in [-0.2, 0) is 4.79 Å². The molecule has 1 amide bonds. The molecule has 3 N–H and O–H groups in total. The van der Waals surface area contributed by atoms with Crippen LogP contribution in [0.2, 0.25) is 0 Å². The quantitative estimate of drug-likeness (QED) is 0.892. The molecule has 1 atom stereocenters. The molecule has 0 radical (unpaired) electrons. The average molecular weight is 290 g/mol. The highest BCUT2D eigenvalue weighted by atomic mass is 19.1. The van der Waals surface area contributed by atoms with E-state index < -0.39 is 17.7 Å². The van der Waals surface area contributed by atoms with Crippen LogP contribution >= 0.6 is 0 Å². The Labute approximate surface area is 119 Å². The molecule has 0 fully saturated rings. The number of halogens is 2. The number of hydrogen-bond acceptors (Lipinski definition) is 3. The number of ether oxygens (including phenoxy) is 1. The third-order valence-electron chi connectivity index (χ3n) is 3.31. The van der Waals surface area contributed by atoms with Gasteiger partial charge in [0.25, 0.3) is 5.91 Å². The van der Waals surface area contributed by atoms with E-state index in [1.165, 1.54) is 6.07 Å². The maximum Gasteiger partial charge on any atom is 0.262 e. The molecule has 4 nitrogen and oxygen atoms in total. The van der Waals surface area contributed by atoms with E-state index in [0.29, 0.717) is 17.0 Å². The number of fused-ring (bicyclic) bond motifs is 1. The van der Waals surface area contributed by atoms with Gasteiger partial charge in [-0.05, 0) is 29.8 Å². The van der Waals surface area contributed by atoms with Crippen LogP contribution in [0.4, 0.5) is 14.5 Å². The molecule has 21 heavy (non-hydrogen) atoms. The fourth-order valence-corrected chi connectivity index (χ4v) is 2.27. The summed E-state index contributed by atoms with van der Waals surface area (Å²) in [7, 11) is 0. The second kappa shape index (κ2) is 5.14. The van der Waals surface area contributed by atoms with Crippen molar-refractivity contribution in [2.45, 2.75) is 6.04 Å². The Morgan fingerprint density at radius 3 is 2.62 bits per heavy atom. The maximum absolute atomic E-state index is 13.8. The Hall–Kier alpha value is -2.47. The van der Waals surface area contributed by atoms with Crippen LogP contribution in [0.5, 0.6) is 5.75 Å². The molecular weight excluding hydrogens is 278 g/mol. The predicted octanol–water partition coefficient (Wildman–Crippen LogP) is 2.34. The molecule has 6 heteroatoms. The van der Waals surface area contributed by atoms with Crippen molar-refractivity contribution < 1.29 is 18.3 Å². The maximum atomic E-state index is 13.8. The number of carbonyl (C=O) groups excluding carboxylic acids is 1. The molecule has 0 aliphatic carbocycles. The van der Waals surface area contributed by atoms with E-state index in [1.807, 2.05) is 0 Å². The van der Waals surface area contributed by atoms with Crippen LogP contribution in [0.3, 0.4) is 0 Å². The van der Waals surface area contributed by atoms with Gasteiger partial charge in [-0.2, -0.15) is 0 Å². The first kappa shape index (κ1) is 13.5. The van der Waals surface area contributed by atoms with Gasteiger partial charge in [-0.1, -0.05) is 12.1 Å². The fraction of sp³-hybridized carbons (Fsp3) is 0.133. The van der Waals surface area contributed by atoms with Crippen molar-refractivity contribution in [3.63, 3.8) is 0 Å². The van der Waals surface area contributed by atoms with Gasteiger partial charge in [0.1, 0.15) is 17.4 Å². The molecular formula is C15H12F2N2O2. The van der Waals surface area contributed by atoms with E-state index in [1.54, 1.807) is 18.2 Å². The fourth-order valence-electron chi connectivity index (χ4n) is 2.27. The van der Waals surface area contributed by atoms with E-state index in [-0.39, 0.29) is 18.1 Å². The first-order chi connectivity index (χ1) is 10.1. The minimum atomic E-state index is -0.977. The highest BCUT2D eigenvalue weighted by molar-refractivity contribution is 5.95. The molecule has 2 aromatic rings. The van der Waals surface area contributed by atoms with Crippen LogP contribution in [0, 0.1) is 11.6 Å². The van der Waals surface area contributed by atoms with Gasteiger partial charge in [-0.25, -0.2) is 8.78 Å². The molecule has 0 spiro atoms. The summed E-state index contributed by atoms with van der Waals surface area (Å²) in [5, 5.41) is 2.63. The van der Waals surface area contributed by atoms with Crippen LogP contribution < -0.4 is 15.8 Å². The van der Waals surface area contributed by atoms with Crippen LogP contribution in [-0.4, -0.2) is 12.5 Å². The molecule has 0 bridgehead atoms. The zero-order chi connectivity index (χ0) is 15.0. The number of carbonyl (C=O) groups is 1. The Morgan fingerprint density at radius 1 is 1.19 bits per heavy atom. The van der Waals surface area contributed by atoms with E-state index in [4.69, 9.17) is 10.5 Å². The highest BCUT2D eigenvalue weighted by Gasteiger charge is 2.21. The number of hydrogen-bond donors (Lipinski definition) is 2. The average Bonchev–Trinajstić information content (AvgIpc) is 2.46. The summed E-state index contributed by atoms with van der Waals surface area (Å²) in [5.41, 5.74) is 6.66. The number of amides is 1. The number of benzene rings is 2. The number of nitrogens with two attached hydrogens (primary N) is 1. The molecule has 1 aliphatic heterocycles. The van der Waals surface area contributed by atoms with Crippen LogP contribution in [0.25, 0.3) is 0 Å². The molecule has 1 aliphatic rings. The second-order valence-electron chi connectivity index (χ2n) is 4.71. The van der Waals surface area contributed by atoms with Gasteiger partial charge in [0.2, 0.25) is 0 Å². The summed E-state index contributed by atoms with van der Waals surface area (Å²) >= 11 is 0. The van der Waals surface area contributed by atoms with E-state index in [9.17, 15) is 13.6 Å². The van der Waals surface area contributed by atoms with Crippen molar-refractivity contribution in [1.29, 1.82) is 0 Å². The topological polar surface area (TPSA) is 64.3 Å². The summed E-state index contributed by atoms with van der Waals surface area (Å²) in [5.74, 6) is -1.20. The lowest BCUT2D eigenvalue weighted by molar-refractivity contribution is -0.118. The van der Waals surface area contributed by atoms with Crippen molar-refractivity contribution in [2.75, 3.05) is 11.9 Å². The van der Waals surface area contributed by atoms with E-state index in [2.05, 4.69) is 5.32 Å². The summed E-state index contributed by atoms with van der Waals surface area (Å²) in [6.45, 7) is -0.0552. The normalized spacial score (nSPS) is 14.9. The molecule has 108 valence electrons. The monoisotopic (exact) mass is 290 g/mol. The van der Waals surface area contributed by atoms with Gasteiger partial charge in [0.05, 0.1) is 11.7 Å². The van der Waals surface area contributed by atoms with Gasteiger partial charge in [-0.3, -0.25) is 4.79 Å². The van der Waals surface area contributed by atoms with Gasteiger partial charge in [0.15, 0.2) is 6.61 Å². The standard InChI is InChI=1S/C15H12F2N2O2/c16-9-2-1-3-10(17)14(9)15(18)8-4-5-12-11(6-8)19-13(20)7-21-12/h1-6,15H,7,18H2,(H,19,20). The largest absolute Gasteiger partial charge is 0.482 e. The Morgan fingerprint density at radius 2 is 1.90 bits per heavy atom. The van der Waals surface area contributed by atoms with Crippen molar-refractivity contribution in [1.82, 2.24) is 0 Å². The van der Waals surface area contributed by atoms with E-state index >= 15 is 0 Å². The Kier molecular flexibility index (Phi) is 3.31. The molecule has 1 heterocycles. The van der Waals surface area contributed by atoms with Crippen LogP contribution in [0.15, 0.2) is 36.4 Å². The smallest absolute Gasteiger partial charge is 0.262 e. The lowest BCUT2D eigenvalue weighted by atomic mass is 9.97. The Balaban J connectivity index is 2.01. The van der Waals surface area contributed by atoms with Gasteiger partial charge in [-0.15, -0.1) is 0 Å². The first-order valence-electron chi connectivity index (χ1n) is 6.32. The molecule has 3 rings (SSSR count). The first-order valence-corrected chi connectivity index (χ1v) is 6.32. The van der Waals surface area contributed by atoms with Gasteiger partial charge >= 0.3 is 0 Å². The SMILES string of the molecule is NC(c1ccc2c(c1)NC(=O)CO2)c1c(F)cccc1F. The third-order valence-corrected chi connectivity index (χ3v) is 3.31. The minimum absolute atomic E-state index is 0.0552. The molecule has 0 saturated heterocycles. The molecule has 0 aromatic heterocycles. The summed E-state index contributed by atoms with van der Waals surface area (Å²) in [6.07, 6.45) is 0. The third kappa shape index (κ3) is 2.45. The summed E-state index contributed by atoms with van der Waals surface area (Å²) < 4.78 is 32.8. The lowest BCUT2D eigenvalue weighted by Gasteiger charge is -2.21. The minimum Gasteiger partial charge on any atom is -0.482 e. The van der Waals surface area contributed by atoms with Gasteiger partial charge < -0.3 is 15.8 Å². The number of anilines is 1. The number of rotatable bonds is 2. The zero-order valence-corrected chi connectivity index (χ0v) is 10.9. The van der Waals surface area contributed by atoms with Crippen molar-refractivity contribution in [3.8, 4) is 5.75 Å². The predicted molar refractivity (Wildman–Crippen MR) is 73.0 cm³/mol. The van der Waals surface area contributed by atoms with E-state index in [0.717, 1.165) is 12.1 Å². The second-order valence-corrected chi connectivity index (χ2v) is 4.71. The van der Waals surface area contributed by atoms with Crippen LogP contribution in [0.1, 0.15) is 17.2 Å². The molecule has 2 aromatic carbocycles. The van der Waals surface area contributed by atoms with Gasteiger partial charge in [0, 0.05) is 5.56 Å². The molecule has 0 saturated carbocycles. The lowest BCUT2D eigenvalue weighted by Crippen LogP contribution is -2.26.